The molecule has 0 atom stereocenters. The number of hydrogen-bond donors (Lipinski definition) is 1. The summed E-state index contributed by atoms with van der Waals surface area (Å²) in [6.07, 6.45) is 0. The molecule has 1 aromatic heterocycles. The Balaban J connectivity index is 1.53. The first-order valence-electron chi connectivity index (χ1n) is 11.1. The number of halogens is 1. The van der Waals surface area contributed by atoms with E-state index in [0.717, 1.165) is 22.7 Å². The number of amides is 1. The van der Waals surface area contributed by atoms with Gasteiger partial charge in [-0.15, -0.1) is 10.2 Å². The molecule has 0 unspecified atom stereocenters. The molecule has 180 valence electrons. The van der Waals surface area contributed by atoms with Crippen LogP contribution in [0.2, 0.25) is 5.02 Å². The van der Waals surface area contributed by atoms with Crippen molar-refractivity contribution in [2.45, 2.75) is 25.6 Å². The first-order valence-corrected chi connectivity index (χ1v) is 12.4. The van der Waals surface area contributed by atoms with Gasteiger partial charge < -0.3 is 14.8 Å². The molecule has 1 amide bonds. The fourth-order valence-corrected chi connectivity index (χ4v) is 4.27. The highest BCUT2D eigenvalue weighted by molar-refractivity contribution is 7.99. The molecular weight excluding hydrogens is 484 g/mol. The van der Waals surface area contributed by atoms with Crippen LogP contribution in [-0.2, 0) is 11.4 Å². The third-order valence-corrected chi connectivity index (χ3v) is 6.43. The normalized spacial score (nSPS) is 10.7. The molecule has 35 heavy (non-hydrogen) atoms. The lowest BCUT2D eigenvalue weighted by atomic mass is 10.2. The maximum atomic E-state index is 12.7. The summed E-state index contributed by atoms with van der Waals surface area (Å²) in [6.45, 7) is 4.62. The SMILES string of the molecule is CCOc1ccc(-n2c(COc3ccccc3)nnc2SCC(=O)Nc2cccc(Cl)c2C)cc1. The van der Waals surface area contributed by atoms with Crippen molar-refractivity contribution in [2.75, 3.05) is 17.7 Å². The Morgan fingerprint density at radius 1 is 0.971 bits per heavy atom. The maximum Gasteiger partial charge on any atom is 0.234 e. The van der Waals surface area contributed by atoms with Crippen LogP contribution in [0.1, 0.15) is 18.3 Å². The van der Waals surface area contributed by atoms with Gasteiger partial charge in [0.05, 0.1) is 12.4 Å². The van der Waals surface area contributed by atoms with Crippen LogP contribution in [0.4, 0.5) is 5.69 Å². The topological polar surface area (TPSA) is 78.3 Å². The summed E-state index contributed by atoms with van der Waals surface area (Å²) in [5.41, 5.74) is 2.36. The number of thioether (sulfide) groups is 1. The molecule has 9 heteroatoms. The number of carbonyl (C=O) groups is 1. The zero-order chi connectivity index (χ0) is 24.6. The van der Waals surface area contributed by atoms with Gasteiger partial charge in [-0.25, -0.2) is 0 Å². The van der Waals surface area contributed by atoms with E-state index in [1.165, 1.54) is 11.8 Å². The van der Waals surface area contributed by atoms with Crippen LogP contribution in [0.5, 0.6) is 11.5 Å². The van der Waals surface area contributed by atoms with E-state index in [1.807, 2.05) is 79.1 Å². The largest absolute Gasteiger partial charge is 0.494 e. The Labute approximate surface area is 213 Å². The lowest BCUT2D eigenvalue weighted by Gasteiger charge is -2.12. The Hall–Kier alpha value is -3.49. The summed E-state index contributed by atoms with van der Waals surface area (Å²) in [5, 5.41) is 12.8. The molecule has 0 fully saturated rings. The van der Waals surface area contributed by atoms with E-state index >= 15 is 0 Å². The molecule has 1 N–H and O–H groups in total. The molecule has 0 radical (unpaired) electrons. The molecule has 7 nitrogen and oxygen atoms in total. The van der Waals surface area contributed by atoms with Crippen LogP contribution in [0.3, 0.4) is 0 Å². The van der Waals surface area contributed by atoms with Crippen LogP contribution in [0.15, 0.2) is 78.0 Å². The van der Waals surface area contributed by atoms with Crippen molar-refractivity contribution in [2.24, 2.45) is 0 Å². The highest BCUT2D eigenvalue weighted by atomic mass is 35.5. The van der Waals surface area contributed by atoms with E-state index in [2.05, 4.69) is 15.5 Å². The zero-order valence-corrected chi connectivity index (χ0v) is 21.0. The van der Waals surface area contributed by atoms with Gasteiger partial charge >= 0.3 is 0 Å². The summed E-state index contributed by atoms with van der Waals surface area (Å²) < 4.78 is 13.4. The maximum absolute atomic E-state index is 12.7. The summed E-state index contributed by atoms with van der Waals surface area (Å²) >= 11 is 7.46. The van der Waals surface area contributed by atoms with Gasteiger partial charge in [-0.3, -0.25) is 9.36 Å². The van der Waals surface area contributed by atoms with Crippen molar-refractivity contribution in [1.29, 1.82) is 0 Å². The summed E-state index contributed by atoms with van der Waals surface area (Å²) in [7, 11) is 0. The van der Waals surface area contributed by atoms with Crippen molar-refractivity contribution in [1.82, 2.24) is 14.8 Å². The highest BCUT2D eigenvalue weighted by Crippen LogP contribution is 2.26. The minimum Gasteiger partial charge on any atom is -0.494 e. The number of nitrogens with one attached hydrogen (secondary N) is 1. The number of para-hydroxylation sites is 1. The van der Waals surface area contributed by atoms with Gasteiger partial charge in [0.15, 0.2) is 11.0 Å². The Morgan fingerprint density at radius 2 is 1.71 bits per heavy atom. The van der Waals surface area contributed by atoms with Crippen molar-refractivity contribution in [3.63, 3.8) is 0 Å². The molecule has 4 aromatic rings. The smallest absolute Gasteiger partial charge is 0.234 e. The fourth-order valence-electron chi connectivity index (χ4n) is 3.33. The predicted molar refractivity (Wildman–Crippen MR) is 139 cm³/mol. The van der Waals surface area contributed by atoms with Crippen LogP contribution in [-0.4, -0.2) is 33.0 Å². The zero-order valence-electron chi connectivity index (χ0n) is 19.4. The van der Waals surface area contributed by atoms with Crippen LogP contribution in [0.25, 0.3) is 5.69 Å². The van der Waals surface area contributed by atoms with E-state index in [4.69, 9.17) is 21.1 Å². The Morgan fingerprint density at radius 3 is 2.46 bits per heavy atom. The predicted octanol–water partition coefficient (Wildman–Crippen LogP) is 5.94. The molecule has 0 spiro atoms. The van der Waals surface area contributed by atoms with E-state index in [1.54, 1.807) is 12.1 Å². The molecule has 0 aliphatic heterocycles. The minimum absolute atomic E-state index is 0.153. The fraction of sp³-hybridized carbons (Fsp3) is 0.192. The minimum atomic E-state index is -0.163. The number of ether oxygens (including phenoxy) is 2. The molecule has 1 heterocycles. The molecule has 4 rings (SSSR count). The third kappa shape index (κ3) is 6.35. The monoisotopic (exact) mass is 508 g/mol. The molecular formula is C26H25ClN4O3S. The van der Waals surface area contributed by atoms with E-state index < -0.39 is 0 Å². The van der Waals surface area contributed by atoms with Crippen molar-refractivity contribution in [3.8, 4) is 17.2 Å². The number of benzene rings is 3. The standard InChI is InChI=1S/C26H25ClN4O3S/c1-3-33-21-14-12-19(13-15-21)31-24(16-34-20-8-5-4-6-9-20)29-30-26(31)35-17-25(32)28-23-11-7-10-22(27)18(23)2/h4-15H,3,16-17H2,1-2H3,(H,28,32). The number of aromatic nitrogens is 3. The highest BCUT2D eigenvalue weighted by Gasteiger charge is 2.17. The summed E-state index contributed by atoms with van der Waals surface area (Å²) in [6, 6.07) is 22.6. The molecule has 0 saturated carbocycles. The number of carbonyl (C=O) groups excluding carboxylic acids is 1. The molecule has 0 bridgehead atoms. The van der Waals surface area contributed by atoms with Crippen molar-refractivity contribution >= 4 is 35.0 Å². The number of anilines is 1. The van der Waals surface area contributed by atoms with Crippen LogP contribution < -0.4 is 14.8 Å². The van der Waals surface area contributed by atoms with Gasteiger partial charge in [0.1, 0.15) is 18.1 Å². The van der Waals surface area contributed by atoms with Gasteiger partial charge in [-0.2, -0.15) is 0 Å². The van der Waals surface area contributed by atoms with E-state index in [-0.39, 0.29) is 18.3 Å². The van der Waals surface area contributed by atoms with E-state index in [0.29, 0.717) is 28.3 Å². The second kappa shape index (κ2) is 11.8. The Kier molecular flexibility index (Phi) is 8.28. The second-order valence-electron chi connectivity index (χ2n) is 7.51. The van der Waals surface area contributed by atoms with Gasteiger partial charge in [0.25, 0.3) is 0 Å². The van der Waals surface area contributed by atoms with Crippen molar-refractivity contribution in [3.05, 3.63) is 89.2 Å². The summed E-state index contributed by atoms with van der Waals surface area (Å²) in [4.78, 5) is 12.7. The van der Waals surface area contributed by atoms with Crippen LogP contribution >= 0.6 is 23.4 Å². The van der Waals surface area contributed by atoms with Crippen LogP contribution in [0, 0.1) is 6.92 Å². The first-order chi connectivity index (χ1) is 17.0. The number of hydrogen-bond acceptors (Lipinski definition) is 6. The van der Waals surface area contributed by atoms with Crippen molar-refractivity contribution < 1.29 is 14.3 Å². The molecule has 0 aliphatic rings. The van der Waals surface area contributed by atoms with Gasteiger partial charge in [0, 0.05) is 16.4 Å². The molecule has 3 aromatic carbocycles. The van der Waals surface area contributed by atoms with Gasteiger partial charge in [-0.05, 0) is 67.9 Å². The average molecular weight is 509 g/mol. The quantitative estimate of drug-likeness (QED) is 0.267. The Bertz CT molecular complexity index is 1280. The lowest BCUT2D eigenvalue weighted by Crippen LogP contribution is -2.15. The lowest BCUT2D eigenvalue weighted by molar-refractivity contribution is -0.113. The third-order valence-electron chi connectivity index (χ3n) is 5.09. The van der Waals surface area contributed by atoms with Gasteiger partial charge in [-0.1, -0.05) is 47.6 Å². The van der Waals surface area contributed by atoms with Gasteiger partial charge in [0.2, 0.25) is 5.91 Å². The first kappa shape index (κ1) is 24.6. The average Bonchev–Trinajstić information content (AvgIpc) is 3.28. The number of nitrogens with zero attached hydrogens (tertiary/aromatic N) is 3. The molecule has 0 aliphatic carbocycles. The number of rotatable bonds is 10. The molecule has 0 saturated heterocycles. The second-order valence-corrected chi connectivity index (χ2v) is 8.86. The van der Waals surface area contributed by atoms with E-state index in [9.17, 15) is 4.79 Å². The summed E-state index contributed by atoms with van der Waals surface area (Å²) in [5.74, 6) is 2.12.